The molecular weight excluding hydrogens is 318 g/mol. The van der Waals surface area contributed by atoms with Gasteiger partial charge in [0.25, 0.3) is 0 Å². The lowest BCUT2D eigenvalue weighted by atomic mass is 9.99. The predicted molar refractivity (Wildman–Crippen MR) is 94.4 cm³/mol. The Morgan fingerprint density at radius 3 is 2.28 bits per heavy atom. The molecule has 0 saturated carbocycles. The molecule has 0 radical (unpaired) electrons. The maximum Gasteiger partial charge on any atom is 0.249 e. The van der Waals surface area contributed by atoms with Crippen molar-refractivity contribution in [2.75, 3.05) is 0 Å². The molecule has 0 fully saturated rings. The van der Waals surface area contributed by atoms with Gasteiger partial charge < -0.3 is 17.2 Å². The normalized spacial score (nSPS) is 10.6. The minimum absolute atomic E-state index is 0.277. The molecule has 0 atom stereocenters. The third-order valence-corrected chi connectivity index (χ3v) is 3.92. The summed E-state index contributed by atoms with van der Waals surface area (Å²) in [6.45, 7) is 0.466. The van der Waals surface area contributed by atoms with E-state index in [9.17, 15) is 9.59 Å². The zero-order valence-electron chi connectivity index (χ0n) is 13.3. The second-order valence-electron chi connectivity index (χ2n) is 5.56. The average molecular weight is 335 g/mol. The van der Waals surface area contributed by atoms with Crippen LogP contribution in [0.4, 0.5) is 0 Å². The van der Waals surface area contributed by atoms with E-state index in [0.717, 1.165) is 11.1 Å². The molecule has 0 aliphatic carbocycles. The SMILES string of the molecule is NCc1ccc(-c2cc(-c3cc(C(N)=O)ccc3C(N)=O)[nH]n2)cc1. The van der Waals surface area contributed by atoms with Crippen molar-refractivity contribution < 1.29 is 9.59 Å². The number of benzene rings is 2. The first-order valence-electron chi connectivity index (χ1n) is 7.58. The molecule has 2 aromatic carbocycles. The highest BCUT2D eigenvalue weighted by Crippen LogP contribution is 2.27. The summed E-state index contributed by atoms with van der Waals surface area (Å²) in [7, 11) is 0. The second kappa shape index (κ2) is 6.58. The number of rotatable bonds is 5. The predicted octanol–water partition coefficient (Wildman–Crippen LogP) is 1.40. The number of aromatic nitrogens is 2. The third kappa shape index (κ3) is 3.26. The highest BCUT2D eigenvalue weighted by atomic mass is 16.1. The summed E-state index contributed by atoms with van der Waals surface area (Å²) in [5.74, 6) is -1.19. The summed E-state index contributed by atoms with van der Waals surface area (Å²) < 4.78 is 0. The topological polar surface area (TPSA) is 141 Å². The van der Waals surface area contributed by atoms with Gasteiger partial charge in [0.1, 0.15) is 0 Å². The van der Waals surface area contributed by atoms with E-state index < -0.39 is 11.8 Å². The molecule has 0 aliphatic heterocycles. The zero-order chi connectivity index (χ0) is 18.0. The van der Waals surface area contributed by atoms with Gasteiger partial charge in [0.2, 0.25) is 11.8 Å². The number of hydrogen-bond acceptors (Lipinski definition) is 4. The summed E-state index contributed by atoms with van der Waals surface area (Å²) in [6.07, 6.45) is 0. The van der Waals surface area contributed by atoms with Crippen LogP contribution in [0.3, 0.4) is 0 Å². The molecule has 3 rings (SSSR count). The van der Waals surface area contributed by atoms with Crippen LogP contribution in [-0.2, 0) is 6.54 Å². The first kappa shape index (κ1) is 16.4. The van der Waals surface area contributed by atoms with Crippen molar-refractivity contribution in [1.29, 1.82) is 0 Å². The first-order chi connectivity index (χ1) is 12.0. The second-order valence-corrected chi connectivity index (χ2v) is 5.56. The van der Waals surface area contributed by atoms with E-state index in [1.165, 1.54) is 18.2 Å². The molecule has 3 aromatic rings. The van der Waals surface area contributed by atoms with Gasteiger partial charge in [-0.1, -0.05) is 24.3 Å². The molecule has 0 saturated heterocycles. The summed E-state index contributed by atoms with van der Waals surface area (Å²) in [5, 5.41) is 7.14. The standard InChI is InChI=1S/C18H17N5O2/c19-9-10-1-3-11(4-2-10)15-8-16(23-22-15)14-7-12(17(20)24)5-6-13(14)18(21)25/h1-8H,9,19H2,(H2,20,24)(H2,21,25)(H,22,23). The lowest BCUT2D eigenvalue weighted by Gasteiger charge is -2.06. The van der Waals surface area contributed by atoms with Crippen LogP contribution in [0, 0.1) is 0 Å². The fraction of sp³-hybridized carbons (Fsp3) is 0.0556. The number of amides is 2. The van der Waals surface area contributed by atoms with Gasteiger partial charge in [-0.25, -0.2) is 0 Å². The molecule has 0 bridgehead atoms. The fourth-order valence-electron chi connectivity index (χ4n) is 2.55. The molecule has 7 N–H and O–H groups in total. The first-order valence-corrected chi connectivity index (χ1v) is 7.58. The number of aromatic amines is 1. The van der Waals surface area contributed by atoms with Crippen molar-refractivity contribution in [3.05, 3.63) is 65.2 Å². The van der Waals surface area contributed by atoms with Crippen LogP contribution >= 0.6 is 0 Å². The van der Waals surface area contributed by atoms with Gasteiger partial charge in [-0.3, -0.25) is 14.7 Å². The van der Waals surface area contributed by atoms with Crippen molar-refractivity contribution in [3.63, 3.8) is 0 Å². The highest BCUT2D eigenvalue weighted by Gasteiger charge is 2.15. The van der Waals surface area contributed by atoms with Crippen LogP contribution in [0.1, 0.15) is 26.3 Å². The van der Waals surface area contributed by atoms with Gasteiger partial charge in [0, 0.05) is 28.8 Å². The molecule has 25 heavy (non-hydrogen) atoms. The number of hydrogen-bond donors (Lipinski definition) is 4. The summed E-state index contributed by atoms with van der Waals surface area (Å²) in [4.78, 5) is 23.1. The number of nitrogens with one attached hydrogen (secondary N) is 1. The lowest BCUT2D eigenvalue weighted by Crippen LogP contribution is -2.15. The molecule has 7 nitrogen and oxygen atoms in total. The van der Waals surface area contributed by atoms with E-state index in [-0.39, 0.29) is 11.1 Å². The Morgan fingerprint density at radius 1 is 0.960 bits per heavy atom. The van der Waals surface area contributed by atoms with Gasteiger partial charge in [0.05, 0.1) is 11.4 Å². The monoisotopic (exact) mass is 335 g/mol. The number of nitrogens with zero attached hydrogens (tertiary/aromatic N) is 1. The molecule has 1 heterocycles. The van der Waals surface area contributed by atoms with Gasteiger partial charge in [-0.05, 0) is 29.8 Å². The Bertz CT molecular complexity index is 944. The van der Waals surface area contributed by atoms with Crippen LogP contribution < -0.4 is 17.2 Å². The summed E-state index contributed by atoms with van der Waals surface area (Å²) >= 11 is 0. The van der Waals surface area contributed by atoms with Crippen LogP contribution in [0.15, 0.2) is 48.5 Å². The van der Waals surface area contributed by atoms with Crippen LogP contribution in [-0.4, -0.2) is 22.0 Å². The maximum atomic E-state index is 11.7. The van der Waals surface area contributed by atoms with Gasteiger partial charge >= 0.3 is 0 Å². The highest BCUT2D eigenvalue weighted by molar-refractivity contribution is 6.02. The quantitative estimate of drug-likeness (QED) is 0.559. The molecule has 0 spiro atoms. The molecule has 2 amide bonds. The van der Waals surface area contributed by atoms with Gasteiger partial charge in [-0.15, -0.1) is 0 Å². The molecule has 126 valence electrons. The van der Waals surface area contributed by atoms with Crippen molar-refractivity contribution in [2.24, 2.45) is 17.2 Å². The number of carbonyl (C=O) groups excluding carboxylic acids is 2. The number of primary amides is 2. The molecule has 7 heteroatoms. The van der Waals surface area contributed by atoms with E-state index in [4.69, 9.17) is 17.2 Å². The van der Waals surface area contributed by atoms with Crippen molar-refractivity contribution in [3.8, 4) is 22.5 Å². The molecular formula is C18H17N5O2. The summed E-state index contributed by atoms with van der Waals surface area (Å²) in [6, 6.07) is 13.9. The van der Waals surface area contributed by atoms with E-state index in [2.05, 4.69) is 10.2 Å². The Kier molecular flexibility index (Phi) is 4.32. The minimum Gasteiger partial charge on any atom is -0.366 e. The van der Waals surface area contributed by atoms with E-state index in [1.807, 2.05) is 24.3 Å². The fourth-order valence-corrected chi connectivity index (χ4v) is 2.55. The zero-order valence-corrected chi connectivity index (χ0v) is 13.3. The Morgan fingerprint density at radius 2 is 1.68 bits per heavy atom. The van der Waals surface area contributed by atoms with E-state index >= 15 is 0 Å². The summed E-state index contributed by atoms with van der Waals surface area (Å²) in [5.41, 5.74) is 20.5. The van der Waals surface area contributed by atoms with Crippen molar-refractivity contribution in [2.45, 2.75) is 6.54 Å². The Hall–Kier alpha value is -3.45. The maximum absolute atomic E-state index is 11.7. The molecule has 0 aliphatic rings. The number of H-pyrrole nitrogens is 1. The molecule has 1 aromatic heterocycles. The average Bonchev–Trinajstić information content (AvgIpc) is 3.11. The van der Waals surface area contributed by atoms with Crippen LogP contribution in [0.5, 0.6) is 0 Å². The Balaban J connectivity index is 2.05. The van der Waals surface area contributed by atoms with Crippen LogP contribution in [0.2, 0.25) is 0 Å². The van der Waals surface area contributed by atoms with Crippen molar-refractivity contribution in [1.82, 2.24) is 10.2 Å². The van der Waals surface area contributed by atoms with Gasteiger partial charge in [-0.2, -0.15) is 5.10 Å². The van der Waals surface area contributed by atoms with E-state index in [0.29, 0.717) is 23.5 Å². The number of carbonyl (C=O) groups is 2. The van der Waals surface area contributed by atoms with Gasteiger partial charge in [0.15, 0.2) is 0 Å². The van der Waals surface area contributed by atoms with Crippen LogP contribution in [0.25, 0.3) is 22.5 Å². The Labute approximate surface area is 143 Å². The minimum atomic E-state index is -0.602. The smallest absolute Gasteiger partial charge is 0.249 e. The third-order valence-electron chi connectivity index (χ3n) is 3.92. The number of nitrogens with two attached hydrogens (primary N) is 3. The largest absolute Gasteiger partial charge is 0.366 e. The van der Waals surface area contributed by atoms with Crippen molar-refractivity contribution >= 4 is 11.8 Å². The lowest BCUT2D eigenvalue weighted by molar-refractivity contribution is 0.0988. The molecule has 0 unspecified atom stereocenters. The van der Waals surface area contributed by atoms with E-state index in [1.54, 1.807) is 6.07 Å².